The van der Waals surface area contributed by atoms with Crippen LogP contribution in [0.5, 0.6) is 0 Å². The molecular weight excluding hydrogens is 390 g/mol. The van der Waals surface area contributed by atoms with E-state index in [1.54, 1.807) is 31.2 Å². The number of carbonyl (C=O) groups excluding carboxylic acids is 1. The van der Waals surface area contributed by atoms with Gasteiger partial charge < -0.3 is 5.32 Å². The highest BCUT2D eigenvalue weighted by Gasteiger charge is 2.13. The summed E-state index contributed by atoms with van der Waals surface area (Å²) >= 11 is 0. The van der Waals surface area contributed by atoms with Crippen LogP contribution >= 0.6 is 0 Å². The first kappa shape index (κ1) is 20.9. The molecule has 0 heterocycles. The predicted molar refractivity (Wildman–Crippen MR) is 104 cm³/mol. The van der Waals surface area contributed by atoms with Crippen molar-refractivity contribution in [2.24, 2.45) is 0 Å². The van der Waals surface area contributed by atoms with Crippen molar-refractivity contribution >= 4 is 31.6 Å². The van der Waals surface area contributed by atoms with E-state index in [1.165, 1.54) is 25.2 Å². The van der Waals surface area contributed by atoms with Crippen molar-refractivity contribution in [3.8, 4) is 0 Å². The molecule has 0 saturated heterocycles. The Bertz CT molecular complexity index is 1060. The molecule has 146 valence electrons. The van der Waals surface area contributed by atoms with Crippen LogP contribution < -0.4 is 14.8 Å². The number of anilines is 1. The van der Waals surface area contributed by atoms with Crippen molar-refractivity contribution in [2.75, 3.05) is 18.0 Å². The number of benzene rings is 2. The van der Waals surface area contributed by atoms with Gasteiger partial charge in [0.1, 0.15) is 0 Å². The van der Waals surface area contributed by atoms with Gasteiger partial charge in [0.2, 0.25) is 20.0 Å². The fourth-order valence-corrected chi connectivity index (χ4v) is 3.72. The van der Waals surface area contributed by atoms with Crippen LogP contribution in [0.3, 0.4) is 0 Å². The lowest BCUT2D eigenvalue weighted by atomic mass is 10.1. The molecule has 2 rings (SSSR count). The van der Waals surface area contributed by atoms with Crippen LogP contribution in [-0.2, 0) is 26.6 Å². The zero-order valence-corrected chi connectivity index (χ0v) is 16.7. The second-order valence-electron chi connectivity index (χ2n) is 5.94. The lowest BCUT2D eigenvalue weighted by Crippen LogP contribution is -2.24. The molecule has 0 aromatic heterocycles. The molecule has 0 fully saturated rings. The zero-order chi connectivity index (χ0) is 20.2. The minimum atomic E-state index is -3.57. The first-order valence-electron chi connectivity index (χ1n) is 7.91. The van der Waals surface area contributed by atoms with Crippen LogP contribution in [0.25, 0.3) is 0 Å². The summed E-state index contributed by atoms with van der Waals surface area (Å²) in [6.07, 6.45) is 1.03. The van der Waals surface area contributed by atoms with Gasteiger partial charge in [0.15, 0.2) is 0 Å². The van der Waals surface area contributed by atoms with Crippen molar-refractivity contribution < 1.29 is 21.6 Å². The summed E-state index contributed by atoms with van der Waals surface area (Å²) in [7, 11) is -5.71. The Hall–Kier alpha value is -2.43. The summed E-state index contributed by atoms with van der Waals surface area (Å²) in [5.41, 5.74) is 1.90. The number of hydrogen-bond acceptors (Lipinski definition) is 5. The van der Waals surface area contributed by atoms with Gasteiger partial charge in [-0.2, -0.15) is 0 Å². The highest BCUT2D eigenvalue weighted by atomic mass is 32.2. The first-order chi connectivity index (χ1) is 12.5. The highest BCUT2D eigenvalue weighted by molar-refractivity contribution is 7.92. The third-order valence-electron chi connectivity index (χ3n) is 3.73. The normalized spacial score (nSPS) is 11.8. The molecule has 0 aliphatic heterocycles. The molecule has 10 heteroatoms. The molecule has 0 saturated carbocycles. The topological polar surface area (TPSA) is 121 Å². The fourth-order valence-electron chi connectivity index (χ4n) is 2.30. The Labute approximate surface area is 159 Å². The molecule has 2 aromatic carbocycles. The van der Waals surface area contributed by atoms with Gasteiger partial charge in [-0.1, -0.05) is 18.2 Å². The molecule has 3 N–H and O–H groups in total. The van der Waals surface area contributed by atoms with E-state index in [9.17, 15) is 21.6 Å². The van der Waals surface area contributed by atoms with Crippen LogP contribution in [0.15, 0.2) is 47.4 Å². The Kier molecular flexibility index (Phi) is 6.24. The summed E-state index contributed by atoms with van der Waals surface area (Å²) in [5, 5.41) is 2.69. The minimum Gasteiger partial charge on any atom is -0.348 e. The van der Waals surface area contributed by atoms with Gasteiger partial charge in [-0.05, 0) is 49.4 Å². The molecule has 0 radical (unpaired) electrons. The molecule has 1 amide bonds. The Morgan fingerprint density at radius 3 is 2.37 bits per heavy atom. The molecule has 0 atom stereocenters. The Morgan fingerprint density at radius 1 is 1.04 bits per heavy atom. The third kappa shape index (κ3) is 5.78. The molecule has 27 heavy (non-hydrogen) atoms. The average molecular weight is 412 g/mol. The predicted octanol–water partition coefficient (Wildman–Crippen LogP) is 1.20. The highest BCUT2D eigenvalue weighted by Crippen LogP contribution is 2.18. The van der Waals surface area contributed by atoms with E-state index in [2.05, 4.69) is 14.8 Å². The third-order valence-corrected chi connectivity index (χ3v) is 5.73. The second kappa shape index (κ2) is 8.07. The van der Waals surface area contributed by atoms with E-state index in [0.717, 1.165) is 6.26 Å². The van der Waals surface area contributed by atoms with E-state index < -0.39 is 26.0 Å². The summed E-state index contributed by atoms with van der Waals surface area (Å²) < 4.78 is 51.1. The van der Waals surface area contributed by atoms with Crippen LogP contribution in [0, 0.1) is 6.92 Å². The van der Waals surface area contributed by atoms with E-state index in [-0.39, 0.29) is 17.0 Å². The van der Waals surface area contributed by atoms with Crippen LogP contribution in [0.4, 0.5) is 5.69 Å². The van der Waals surface area contributed by atoms with Gasteiger partial charge in [-0.25, -0.2) is 21.6 Å². The van der Waals surface area contributed by atoms with E-state index in [1.807, 2.05) is 0 Å². The monoisotopic (exact) mass is 411 g/mol. The Morgan fingerprint density at radius 2 is 1.74 bits per heavy atom. The standard InChI is InChI=1S/C17H21N3O5S2/c1-12-7-8-14(10-16(12)20-26(3,22)23)17(21)19-11-13-5-4-6-15(9-13)27(24,25)18-2/h4-10,18,20H,11H2,1-3H3,(H,19,21). The van der Waals surface area contributed by atoms with Crippen molar-refractivity contribution in [1.82, 2.24) is 10.0 Å². The smallest absolute Gasteiger partial charge is 0.251 e. The number of carbonyl (C=O) groups is 1. The molecular formula is C17H21N3O5S2. The van der Waals surface area contributed by atoms with E-state index in [4.69, 9.17) is 0 Å². The van der Waals surface area contributed by atoms with Gasteiger partial charge >= 0.3 is 0 Å². The van der Waals surface area contributed by atoms with Gasteiger partial charge in [0.25, 0.3) is 5.91 Å². The average Bonchev–Trinajstić information content (AvgIpc) is 2.60. The SMILES string of the molecule is CNS(=O)(=O)c1cccc(CNC(=O)c2ccc(C)c(NS(C)(=O)=O)c2)c1. The Balaban J connectivity index is 2.15. The molecule has 8 nitrogen and oxygen atoms in total. The number of amides is 1. The maximum absolute atomic E-state index is 12.4. The zero-order valence-electron chi connectivity index (χ0n) is 15.1. The fraction of sp³-hybridized carbons (Fsp3) is 0.235. The van der Waals surface area contributed by atoms with Crippen molar-refractivity contribution in [3.05, 3.63) is 59.2 Å². The molecule has 0 aliphatic carbocycles. The van der Waals surface area contributed by atoms with E-state index in [0.29, 0.717) is 16.8 Å². The number of nitrogens with one attached hydrogen (secondary N) is 3. The lowest BCUT2D eigenvalue weighted by molar-refractivity contribution is 0.0951. The number of rotatable bonds is 7. The van der Waals surface area contributed by atoms with Gasteiger partial charge in [0, 0.05) is 12.1 Å². The van der Waals surface area contributed by atoms with Gasteiger partial charge in [-0.3, -0.25) is 9.52 Å². The minimum absolute atomic E-state index is 0.103. The molecule has 0 spiro atoms. The summed E-state index contributed by atoms with van der Waals surface area (Å²) in [6, 6.07) is 10.9. The van der Waals surface area contributed by atoms with Crippen LogP contribution in [-0.4, -0.2) is 36.0 Å². The van der Waals surface area contributed by atoms with Gasteiger partial charge in [-0.15, -0.1) is 0 Å². The first-order valence-corrected chi connectivity index (χ1v) is 11.3. The summed E-state index contributed by atoms with van der Waals surface area (Å²) in [4.78, 5) is 12.5. The van der Waals surface area contributed by atoms with Crippen molar-refractivity contribution in [1.29, 1.82) is 0 Å². The van der Waals surface area contributed by atoms with Crippen LogP contribution in [0.2, 0.25) is 0 Å². The van der Waals surface area contributed by atoms with Gasteiger partial charge in [0.05, 0.1) is 16.8 Å². The summed E-state index contributed by atoms with van der Waals surface area (Å²) in [5.74, 6) is -0.409. The number of sulfonamides is 2. The molecule has 0 unspecified atom stereocenters. The maximum Gasteiger partial charge on any atom is 0.251 e. The number of aryl methyl sites for hydroxylation is 1. The van der Waals surface area contributed by atoms with Crippen molar-refractivity contribution in [2.45, 2.75) is 18.4 Å². The number of hydrogen-bond donors (Lipinski definition) is 3. The lowest BCUT2D eigenvalue weighted by Gasteiger charge is -2.11. The second-order valence-corrected chi connectivity index (χ2v) is 9.58. The quantitative estimate of drug-likeness (QED) is 0.632. The van der Waals surface area contributed by atoms with E-state index >= 15 is 0 Å². The van der Waals surface area contributed by atoms with Crippen LogP contribution in [0.1, 0.15) is 21.5 Å². The molecule has 0 bridgehead atoms. The maximum atomic E-state index is 12.4. The summed E-state index contributed by atoms with van der Waals surface area (Å²) in [6.45, 7) is 1.84. The largest absolute Gasteiger partial charge is 0.348 e. The molecule has 0 aliphatic rings. The van der Waals surface area contributed by atoms with Crippen molar-refractivity contribution in [3.63, 3.8) is 0 Å². The molecule has 2 aromatic rings.